The van der Waals surface area contributed by atoms with Crippen LogP contribution >= 0.6 is 0 Å². The van der Waals surface area contributed by atoms with Crippen LogP contribution < -0.4 is 0 Å². The van der Waals surface area contributed by atoms with Crippen LogP contribution in [0.3, 0.4) is 0 Å². The lowest BCUT2D eigenvalue weighted by molar-refractivity contribution is -0.151. The molecule has 0 heterocycles. The standard InChI is InChI=1S/C25H42O9/c1-3-4-5-8-18(27)11-12-21-22(24(31)14-23(21)30)13-19(28)9-6-7-10-25(32)34-16-20(29)15-33-17(2)26/h11-12,18,20-24,27,29-31H,3-10,13-16H2,1-2H3/b12-11+/t18-,20-,21+,22+,23+,24-/m0/s1. The summed E-state index contributed by atoms with van der Waals surface area (Å²) < 4.78 is 9.53. The van der Waals surface area contributed by atoms with Gasteiger partial charge in [-0.3, -0.25) is 14.4 Å². The van der Waals surface area contributed by atoms with Gasteiger partial charge in [0.1, 0.15) is 25.1 Å². The maximum absolute atomic E-state index is 12.4. The Morgan fingerprint density at radius 2 is 1.65 bits per heavy atom. The highest BCUT2D eigenvalue weighted by molar-refractivity contribution is 5.79. The molecule has 0 aliphatic heterocycles. The molecule has 1 rings (SSSR count). The summed E-state index contributed by atoms with van der Waals surface area (Å²) in [4.78, 5) is 34.8. The Hall–Kier alpha value is -1.81. The van der Waals surface area contributed by atoms with Crippen molar-refractivity contribution in [3.63, 3.8) is 0 Å². The summed E-state index contributed by atoms with van der Waals surface area (Å²) in [6.45, 7) is 2.79. The fraction of sp³-hybridized carbons (Fsp3) is 0.800. The van der Waals surface area contributed by atoms with Gasteiger partial charge in [0.05, 0.1) is 18.3 Å². The van der Waals surface area contributed by atoms with Gasteiger partial charge < -0.3 is 29.9 Å². The number of hydrogen-bond donors (Lipinski definition) is 4. The third-order valence-electron chi connectivity index (χ3n) is 6.04. The molecule has 1 aliphatic rings. The van der Waals surface area contributed by atoms with Gasteiger partial charge in [-0.2, -0.15) is 0 Å². The molecule has 196 valence electrons. The summed E-state index contributed by atoms with van der Waals surface area (Å²) in [5.41, 5.74) is 0. The zero-order chi connectivity index (χ0) is 25.5. The second kappa shape index (κ2) is 16.8. The van der Waals surface area contributed by atoms with E-state index in [1.807, 2.05) is 0 Å². The van der Waals surface area contributed by atoms with Crippen LogP contribution in [0, 0.1) is 11.8 Å². The van der Waals surface area contributed by atoms with Gasteiger partial charge in [-0.1, -0.05) is 38.3 Å². The topological polar surface area (TPSA) is 151 Å². The van der Waals surface area contributed by atoms with Gasteiger partial charge >= 0.3 is 11.9 Å². The predicted molar refractivity (Wildman–Crippen MR) is 125 cm³/mol. The number of carbonyl (C=O) groups excluding carboxylic acids is 3. The summed E-state index contributed by atoms with van der Waals surface area (Å²) in [6, 6.07) is 0. The average molecular weight is 487 g/mol. The third-order valence-corrected chi connectivity index (χ3v) is 6.04. The second-order valence-electron chi connectivity index (χ2n) is 9.15. The zero-order valence-corrected chi connectivity index (χ0v) is 20.4. The van der Waals surface area contributed by atoms with Gasteiger partial charge in [-0.05, 0) is 19.3 Å². The summed E-state index contributed by atoms with van der Waals surface area (Å²) in [7, 11) is 0. The first-order valence-corrected chi connectivity index (χ1v) is 12.3. The summed E-state index contributed by atoms with van der Waals surface area (Å²) >= 11 is 0. The molecular formula is C25H42O9. The Labute approximate surface area is 202 Å². The maximum Gasteiger partial charge on any atom is 0.305 e. The number of hydrogen-bond acceptors (Lipinski definition) is 9. The van der Waals surface area contributed by atoms with Gasteiger partial charge in [-0.25, -0.2) is 0 Å². The van der Waals surface area contributed by atoms with E-state index in [4.69, 9.17) is 4.74 Å². The number of unbranched alkanes of at least 4 members (excludes halogenated alkanes) is 3. The number of carbonyl (C=O) groups is 3. The molecule has 9 nitrogen and oxygen atoms in total. The highest BCUT2D eigenvalue weighted by atomic mass is 16.6. The number of esters is 2. The monoisotopic (exact) mass is 486 g/mol. The predicted octanol–water partition coefficient (Wildman–Crippen LogP) is 1.83. The fourth-order valence-corrected chi connectivity index (χ4v) is 4.10. The van der Waals surface area contributed by atoms with Crippen LogP contribution in [0.15, 0.2) is 12.2 Å². The van der Waals surface area contributed by atoms with Crippen molar-refractivity contribution < 1.29 is 44.3 Å². The summed E-state index contributed by atoms with van der Waals surface area (Å²) in [5, 5.41) is 40.3. The first kappa shape index (κ1) is 30.2. The van der Waals surface area contributed by atoms with E-state index in [1.165, 1.54) is 6.92 Å². The molecule has 0 aromatic rings. The van der Waals surface area contributed by atoms with Gasteiger partial charge in [0.15, 0.2) is 0 Å². The molecule has 0 radical (unpaired) electrons. The van der Waals surface area contributed by atoms with E-state index in [2.05, 4.69) is 11.7 Å². The molecule has 4 N–H and O–H groups in total. The quantitative estimate of drug-likeness (QED) is 0.137. The van der Waals surface area contributed by atoms with E-state index in [-0.39, 0.29) is 50.6 Å². The van der Waals surface area contributed by atoms with Gasteiger partial charge in [-0.15, -0.1) is 0 Å². The molecule has 0 saturated heterocycles. The molecule has 9 heteroatoms. The van der Waals surface area contributed by atoms with Crippen LogP contribution in [0.25, 0.3) is 0 Å². The number of rotatable bonds is 17. The second-order valence-corrected chi connectivity index (χ2v) is 9.15. The number of aliphatic hydroxyl groups excluding tert-OH is 4. The molecule has 34 heavy (non-hydrogen) atoms. The molecule has 1 fully saturated rings. The first-order valence-electron chi connectivity index (χ1n) is 12.3. The SMILES string of the molecule is CCCCC[C@H](O)/C=C/[C@@H]1[C@@H](CC(=O)CCCCC(=O)OC[C@@H](O)COC(C)=O)[C@@H](O)C[C@H]1O. The van der Waals surface area contributed by atoms with Crippen molar-refractivity contribution >= 4 is 17.7 Å². The van der Waals surface area contributed by atoms with E-state index in [0.29, 0.717) is 19.3 Å². The van der Waals surface area contributed by atoms with Crippen molar-refractivity contribution in [2.45, 2.75) is 102 Å². The largest absolute Gasteiger partial charge is 0.463 e. The zero-order valence-electron chi connectivity index (χ0n) is 20.4. The Morgan fingerprint density at radius 3 is 2.32 bits per heavy atom. The minimum atomic E-state index is -1.08. The highest BCUT2D eigenvalue weighted by Gasteiger charge is 2.41. The summed E-state index contributed by atoms with van der Waals surface area (Å²) in [6.07, 6.45) is 5.45. The Morgan fingerprint density at radius 1 is 0.971 bits per heavy atom. The lowest BCUT2D eigenvalue weighted by Crippen LogP contribution is -2.24. The normalized spacial score (nSPS) is 24.2. The van der Waals surface area contributed by atoms with Crippen LogP contribution in [-0.4, -0.2) is 75.8 Å². The minimum Gasteiger partial charge on any atom is -0.463 e. The van der Waals surface area contributed by atoms with Crippen LogP contribution in [0.2, 0.25) is 0 Å². The van der Waals surface area contributed by atoms with Crippen LogP contribution in [0.1, 0.15) is 78.1 Å². The van der Waals surface area contributed by atoms with Gasteiger partial charge in [0.2, 0.25) is 0 Å². The smallest absolute Gasteiger partial charge is 0.305 e. The Bertz CT molecular complexity index is 648. The van der Waals surface area contributed by atoms with Crippen molar-refractivity contribution in [1.82, 2.24) is 0 Å². The molecule has 0 aromatic carbocycles. The lowest BCUT2D eigenvalue weighted by Gasteiger charge is -2.20. The first-order chi connectivity index (χ1) is 16.1. The minimum absolute atomic E-state index is 0.0507. The van der Waals surface area contributed by atoms with Crippen LogP contribution in [0.4, 0.5) is 0 Å². The van der Waals surface area contributed by atoms with E-state index in [9.17, 15) is 34.8 Å². The molecule has 0 aromatic heterocycles. The van der Waals surface area contributed by atoms with Crippen molar-refractivity contribution in [2.24, 2.45) is 11.8 Å². The summed E-state index contributed by atoms with van der Waals surface area (Å²) in [5.74, 6) is -1.87. The van der Waals surface area contributed by atoms with Gasteiger partial charge in [0, 0.05) is 44.4 Å². The fourth-order valence-electron chi connectivity index (χ4n) is 4.10. The maximum atomic E-state index is 12.4. The van der Waals surface area contributed by atoms with E-state index in [0.717, 1.165) is 19.3 Å². The Kier molecular flexibility index (Phi) is 14.9. The molecule has 1 aliphatic carbocycles. The average Bonchev–Trinajstić information content (AvgIpc) is 3.04. The molecule has 0 unspecified atom stereocenters. The lowest BCUT2D eigenvalue weighted by atomic mass is 9.87. The molecule has 6 atom stereocenters. The highest BCUT2D eigenvalue weighted by Crippen LogP contribution is 2.36. The van der Waals surface area contributed by atoms with Crippen molar-refractivity contribution in [3.05, 3.63) is 12.2 Å². The van der Waals surface area contributed by atoms with E-state index >= 15 is 0 Å². The third kappa shape index (κ3) is 12.6. The molecular weight excluding hydrogens is 444 g/mol. The van der Waals surface area contributed by atoms with E-state index < -0.39 is 42.3 Å². The Balaban J connectivity index is 2.34. The van der Waals surface area contributed by atoms with Crippen molar-refractivity contribution in [1.29, 1.82) is 0 Å². The molecule has 0 amide bonds. The molecule has 0 spiro atoms. The van der Waals surface area contributed by atoms with Gasteiger partial charge in [0.25, 0.3) is 0 Å². The van der Waals surface area contributed by atoms with E-state index in [1.54, 1.807) is 12.2 Å². The number of ether oxygens (including phenoxy) is 2. The van der Waals surface area contributed by atoms with Crippen molar-refractivity contribution in [3.8, 4) is 0 Å². The number of aliphatic hydroxyl groups is 4. The number of ketones is 1. The molecule has 1 saturated carbocycles. The molecule has 0 bridgehead atoms. The van der Waals surface area contributed by atoms with Crippen LogP contribution in [0.5, 0.6) is 0 Å². The van der Waals surface area contributed by atoms with Crippen molar-refractivity contribution in [2.75, 3.05) is 13.2 Å². The van der Waals surface area contributed by atoms with Crippen LogP contribution in [-0.2, 0) is 23.9 Å². The number of Topliss-reactive ketones (excluding diaryl/α,β-unsaturated/α-hetero) is 1.